The van der Waals surface area contributed by atoms with E-state index < -0.39 is 0 Å². The first kappa shape index (κ1) is 20.2. The van der Waals surface area contributed by atoms with Crippen molar-refractivity contribution in [2.45, 2.75) is 88.0 Å². The highest BCUT2D eigenvalue weighted by Crippen LogP contribution is 2.46. The topological polar surface area (TPSA) is 21.3 Å². The maximum absolute atomic E-state index is 13.1. The number of rotatable bonds is 4. The Balaban J connectivity index is 1.23. The van der Waals surface area contributed by atoms with E-state index in [1.54, 1.807) is 0 Å². The lowest BCUT2D eigenvalue weighted by Crippen LogP contribution is -2.48. The highest BCUT2D eigenvalue weighted by Gasteiger charge is 2.43. The summed E-state index contributed by atoms with van der Waals surface area (Å²) < 4.78 is 19.7. The minimum atomic E-state index is -0.294. The minimum Gasteiger partial charge on any atom is -0.367 e. The minimum absolute atomic E-state index is 0.0229. The summed E-state index contributed by atoms with van der Waals surface area (Å²) in [6.45, 7) is -0.294. The van der Waals surface area contributed by atoms with Gasteiger partial charge >= 0.3 is 0 Å². The van der Waals surface area contributed by atoms with Gasteiger partial charge in [-0.05, 0) is 80.0 Å². The third-order valence-corrected chi connectivity index (χ3v) is 7.69. The molecule has 0 radical (unpaired) electrons. The number of alkyl halides is 1. The van der Waals surface area contributed by atoms with Crippen LogP contribution in [0.5, 0.6) is 0 Å². The standard InChI is InChI=1S/C27H34FNO/c28-18-15-25-19-22-7-3-4-8-26(22)27(30-25)16-13-24(14-17-27)29-23-11-9-20-5-1-2-6-21(20)10-12-23/h1-8,23-25,29H,9-19H2/t24?,25-,27?/m1/s1. The van der Waals surface area contributed by atoms with E-state index in [-0.39, 0.29) is 18.4 Å². The van der Waals surface area contributed by atoms with E-state index in [1.807, 2.05) is 0 Å². The molecular weight excluding hydrogens is 373 g/mol. The Morgan fingerprint density at radius 3 is 2.10 bits per heavy atom. The van der Waals surface area contributed by atoms with E-state index >= 15 is 0 Å². The van der Waals surface area contributed by atoms with E-state index in [1.165, 1.54) is 47.9 Å². The van der Waals surface area contributed by atoms with Gasteiger partial charge in [0.15, 0.2) is 0 Å². The number of hydrogen-bond acceptors (Lipinski definition) is 2. The van der Waals surface area contributed by atoms with Crippen LogP contribution in [0.15, 0.2) is 48.5 Å². The Labute approximate surface area is 180 Å². The highest BCUT2D eigenvalue weighted by atomic mass is 19.1. The molecule has 5 rings (SSSR count). The normalized spacial score (nSPS) is 29.2. The largest absolute Gasteiger partial charge is 0.367 e. The summed E-state index contributed by atoms with van der Waals surface area (Å²) in [4.78, 5) is 0. The summed E-state index contributed by atoms with van der Waals surface area (Å²) >= 11 is 0. The van der Waals surface area contributed by atoms with Crippen LogP contribution in [0.4, 0.5) is 4.39 Å². The number of benzene rings is 2. The monoisotopic (exact) mass is 407 g/mol. The molecule has 3 heteroatoms. The van der Waals surface area contributed by atoms with Crippen LogP contribution in [0.2, 0.25) is 0 Å². The molecule has 1 fully saturated rings. The Morgan fingerprint density at radius 1 is 0.833 bits per heavy atom. The molecule has 0 aromatic heterocycles. The first-order valence-electron chi connectivity index (χ1n) is 11.9. The molecule has 3 aliphatic rings. The maximum Gasteiger partial charge on any atom is 0.0939 e. The van der Waals surface area contributed by atoms with Crippen LogP contribution in [0, 0.1) is 0 Å². The number of hydrogen-bond donors (Lipinski definition) is 1. The molecular formula is C27H34FNO. The smallest absolute Gasteiger partial charge is 0.0939 e. The van der Waals surface area contributed by atoms with Crippen molar-refractivity contribution >= 4 is 0 Å². The van der Waals surface area contributed by atoms with Gasteiger partial charge < -0.3 is 10.1 Å². The number of halogens is 1. The van der Waals surface area contributed by atoms with E-state index in [0.29, 0.717) is 18.5 Å². The van der Waals surface area contributed by atoms with E-state index in [4.69, 9.17) is 4.74 Å². The van der Waals surface area contributed by atoms with E-state index in [2.05, 4.69) is 53.8 Å². The molecule has 0 unspecified atom stereocenters. The van der Waals surface area contributed by atoms with Gasteiger partial charge in [0.1, 0.15) is 0 Å². The molecule has 0 saturated heterocycles. The van der Waals surface area contributed by atoms with Crippen molar-refractivity contribution in [2.24, 2.45) is 0 Å². The van der Waals surface area contributed by atoms with Crippen molar-refractivity contribution in [3.63, 3.8) is 0 Å². The first-order chi connectivity index (χ1) is 14.8. The Hall–Kier alpha value is -1.71. The first-order valence-corrected chi connectivity index (χ1v) is 11.9. The molecule has 0 amide bonds. The fourth-order valence-corrected chi connectivity index (χ4v) is 6.08. The lowest BCUT2D eigenvalue weighted by molar-refractivity contribution is -0.137. The predicted octanol–water partition coefficient (Wildman–Crippen LogP) is 5.66. The van der Waals surface area contributed by atoms with Crippen LogP contribution in [0.3, 0.4) is 0 Å². The van der Waals surface area contributed by atoms with Crippen molar-refractivity contribution in [1.82, 2.24) is 5.32 Å². The fraction of sp³-hybridized carbons (Fsp3) is 0.556. The summed E-state index contributed by atoms with van der Waals surface area (Å²) in [5, 5.41) is 4.00. The van der Waals surface area contributed by atoms with Gasteiger partial charge in [-0.2, -0.15) is 0 Å². The number of aryl methyl sites for hydroxylation is 2. The average molecular weight is 408 g/mol. The zero-order valence-corrected chi connectivity index (χ0v) is 17.9. The molecule has 1 aliphatic heterocycles. The van der Waals surface area contributed by atoms with Crippen LogP contribution in [0.25, 0.3) is 0 Å². The predicted molar refractivity (Wildman–Crippen MR) is 120 cm³/mol. The van der Waals surface area contributed by atoms with Gasteiger partial charge in [0.2, 0.25) is 0 Å². The number of ether oxygens (including phenoxy) is 1. The third-order valence-electron chi connectivity index (χ3n) is 7.69. The molecule has 1 spiro atoms. The van der Waals surface area contributed by atoms with Crippen LogP contribution in [-0.4, -0.2) is 24.9 Å². The molecule has 2 aliphatic carbocycles. The van der Waals surface area contributed by atoms with Gasteiger partial charge in [-0.3, -0.25) is 4.39 Å². The second-order valence-electron chi connectivity index (χ2n) is 9.56. The Kier molecular flexibility index (Phi) is 5.93. The summed E-state index contributed by atoms with van der Waals surface area (Å²) in [5.74, 6) is 0. The van der Waals surface area contributed by atoms with Gasteiger partial charge in [-0.25, -0.2) is 0 Å². The SMILES string of the molecule is FCC[C@@H]1Cc2ccccc2C2(CCC(NC3CCc4ccccc4CC3)CC2)O1. The second kappa shape index (κ2) is 8.80. The average Bonchev–Trinajstić information content (AvgIpc) is 2.98. The van der Waals surface area contributed by atoms with Gasteiger partial charge in [0, 0.05) is 18.5 Å². The highest BCUT2D eigenvalue weighted by molar-refractivity contribution is 5.36. The molecule has 2 aromatic rings. The van der Waals surface area contributed by atoms with Crippen molar-refractivity contribution in [3.05, 3.63) is 70.8 Å². The van der Waals surface area contributed by atoms with Gasteiger partial charge in [-0.15, -0.1) is 0 Å². The third kappa shape index (κ3) is 4.07. The van der Waals surface area contributed by atoms with Crippen LogP contribution >= 0.6 is 0 Å². The van der Waals surface area contributed by atoms with Crippen LogP contribution in [-0.2, 0) is 29.6 Å². The summed E-state index contributed by atoms with van der Waals surface area (Å²) in [7, 11) is 0. The van der Waals surface area contributed by atoms with Crippen molar-refractivity contribution < 1.29 is 9.13 Å². The molecule has 2 aromatic carbocycles. The lowest BCUT2D eigenvalue weighted by Gasteiger charge is -2.47. The summed E-state index contributed by atoms with van der Waals surface area (Å²) in [6.07, 6.45) is 10.6. The number of nitrogens with one attached hydrogen (secondary N) is 1. The molecule has 160 valence electrons. The molecule has 1 saturated carbocycles. The Morgan fingerprint density at radius 2 is 1.43 bits per heavy atom. The lowest BCUT2D eigenvalue weighted by atomic mass is 9.73. The quantitative estimate of drug-likeness (QED) is 0.660. The molecule has 0 bridgehead atoms. The summed E-state index contributed by atoms with van der Waals surface area (Å²) in [6, 6.07) is 18.8. The van der Waals surface area contributed by atoms with Crippen LogP contribution < -0.4 is 5.32 Å². The van der Waals surface area contributed by atoms with Crippen molar-refractivity contribution in [2.75, 3.05) is 6.67 Å². The zero-order chi connectivity index (χ0) is 20.4. The van der Waals surface area contributed by atoms with Crippen molar-refractivity contribution in [3.8, 4) is 0 Å². The van der Waals surface area contributed by atoms with Crippen LogP contribution in [0.1, 0.15) is 67.2 Å². The molecule has 2 nitrogen and oxygen atoms in total. The molecule has 1 N–H and O–H groups in total. The molecule has 1 atom stereocenters. The zero-order valence-electron chi connectivity index (χ0n) is 17.9. The second-order valence-corrected chi connectivity index (χ2v) is 9.56. The maximum atomic E-state index is 13.1. The van der Waals surface area contributed by atoms with Crippen molar-refractivity contribution in [1.29, 1.82) is 0 Å². The fourth-order valence-electron chi connectivity index (χ4n) is 6.08. The number of fused-ring (bicyclic) bond motifs is 3. The van der Waals surface area contributed by atoms with Gasteiger partial charge in [0.25, 0.3) is 0 Å². The van der Waals surface area contributed by atoms with Gasteiger partial charge in [0.05, 0.1) is 18.4 Å². The molecule has 1 heterocycles. The van der Waals surface area contributed by atoms with Gasteiger partial charge in [-0.1, -0.05) is 48.5 Å². The molecule has 30 heavy (non-hydrogen) atoms. The van der Waals surface area contributed by atoms with E-state index in [9.17, 15) is 4.39 Å². The summed E-state index contributed by atoms with van der Waals surface area (Å²) in [5.41, 5.74) is 5.61. The Bertz CT molecular complexity index is 830. The van der Waals surface area contributed by atoms with E-state index in [0.717, 1.165) is 32.1 Å².